The number of aromatic nitrogens is 5. The molecule has 26 heavy (non-hydrogen) atoms. The summed E-state index contributed by atoms with van der Waals surface area (Å²) in [6, 6.07) is 7.12. The third kappa shape index (κ3) is 4.47. The summed E-state index contributed by atoms with van der Waals surface area (Å²) in [4.78, 5) is 20.4. The van der Waals surface area contributed by atoms with Crippen LogP contribution in [-0.2, 0) is 6.54 Å². The number of hydrogen-bond acceptors (Lipinski definition) is 4. The number of amides is 2. The molecule has 2 amide bonds. The number of nitrogens with zero attached hydrogens (tertiary/aromatic N) is 5. The van der Waals surface area contributed by atoms with Crippen LogP contribution < -0.4 is 10.6 Å². The summed E-state index contributed by atoms with van der Waals surface area (Å²) >= 11 is 0. The van der Waals surface area contributed by atoms with Crippen LogP contribution in [0.25, 0.3) is 5.69 Å². The smallest absolute Gasteiger partial charge is 0.319 e. The maximum Gasteiger partial charge on any atom is 0.319 e. The van der Waals surface area contributed by atoms with Crippen LogP contribution >= 0.6 is 0 Å². The number of imidazole rings is 1. The summed E-state index contributed by atoms with van der Waals surface area (Å²) in [6.07, 6.45) is 8.48. The van der Waals surface area contributed by atoms with Gasteiger partial charge in [0.05, 0.1) is 18.1 Å². The van der Waals surface area contributed by atoms with Crippen LogP contribution in [0.2, 0.25) is 0 Å². The minimum absolute atomic E-state index is 0.0499. The SMILES string of the molecule is CC(C)(C)[C@@H](Cn1ccnc1)NC(=O)Nc1ccc(-n2cncn2)cc1. The van der Waals surface area contributed by atoms with Gasteiger partial charge < -0.3 is 15.2 Å². The molecule has 0 radical (unpaired) electrons. The molecule has 136 valence electrons. The molecule has 0 bridgehead atoms. The van der Waals surface area contributed by atoms with Gasteiger partial charge in [0.25, 0.3) is 0 Å². The fourth-order valence-corrected chi connectivity index (χ4v) is 2.51. The van der Waals surface area contributed by atoms with Gasteiger partial charge in [-0.2, -0.15) is 5.10 Å². The van der Waals surface area contributed by atoms with E-state index in [9.17, 15) is 4.79 Å². The molecule has 2 aromatic heterocycles. The Hall–Kier alpha value is -3.16. The van der Waals surface area contributed by atoms with Crippen molar-refractivity contribution in [1.29, 1.82) is 0 Å². The molecule has 0 aliphatic carbocycles. The van der Waals surface area contributed by atoms with E-state index in [0.29, 0.717) is 12.2 Å². The van der Waals surface area contributed by atoms with Crippen LogP contribution in [0.15, 0.2) is 55.6 Å². The highest BCUT2D eigenvalue weighted by atomic mass is 16.2. The molecule has 0 saturated heterocycles. The van der Waals surface area contributed by atoms with E-state index in [4.69, 9.17) is 0 Å². The highest BCUT2D eigenvalue weighted by Gasteiger charge is 2.26. The fourth-order valence-electron chi connectivity index (χ4n) is 2.51. The maximum atomic E-state index is 12.4. The summed E-state index contributed by atoms with van der Waals surface area (Å²) in [5.74, 6) is 0. The van der Waals surface area contributed by atoms with Crippen molar-refractivity contribution < 1.29 is 4.79 Å². The first kappa shape index (κ1) is 17.7. The highest BCUT2D eigenvalue weighted by molar-refractivity contribution is 5.89. The molecule has 8 nitrogen and oxygen atoms in total. The summed E-state index contributed by atoms with van der Waals surface area (Å²) in [5, 5.41) is 10.0. The lowest BCUT2D eigenvalue weighted by atomic mass is 9.86. The largest absolute Gasteiger partial charge is 0.335 e. The van der Waals surface area contributed by atoms with Crippen molar-refractivity contribution in [1.82, 2.24) is 29.6 Å². The number of nitrogens with one attached hydrogen (secondary N) is 2. The van der Waals surface area contributed by atoms with E-state index < -0.39 is 0 Å². The molecule has 8 heteroatoms. The number of anilines is 1. The molecule has 0 aliphatic heterocycles. The number of hydrogen-bond donors (Lipinski definition) is 2. The minimum Gasteiger partial charge on any atom is -0.335 e. The first-order valence-corrected chi connectivity index (χ1v) is 8.40. The topological polar surface area (TPSA) is 89.7 Å². The Morgan fingerprint density at radius 2 is 1.92 bits per heavy atom. The lowest BCUT2D eigenvalue weighted by Crippen LogP contribution is -2.47. The Labute approximate surface area is 152 Å². The molecule has 3 rings (SSSR count). The Kier molecular flexibility index (Phi) is 5.01. The average Bonchev–Trinajstić information content (AvgIpc) is 3.28. The fraction of sp³-hybridized carbons (Fsp3) is 0.333. The average molecular weight is 353 g/mol. The number of rotatable bonds is 5. The van der Waals surface area contributed by atoms with Crippen molar-refractivity contribution in [3.05, 3.63) is 55.6 Å². The number of benzene rings is 1. The van der Waals surface area contributed by atoms with Crippen LogP contribution in [0.4, 0.5) is 10.5 Å². The van der Waals surface area contributed by atoms with Crippen LogP contribution in [0, 0.1) is 5.41 Å². The van der Waals surface area contributed by atoms with Gasteiger partial charge in [-0.25, -0.2) is 19.4 Å². The second-order valence-corrected chi connectivity index (χ2v) is 7.16. The van der Waals surface area contributed by atoms with Gasteiger partial charge in [-0.3, -0.25) is 0 Å². The van der Waals surface area contributed by atoms with Crippen molar-refractivity contribution in [2.24, 2.45) is 5.41 Å². The Bertz CT molecular complexity index is 818. The number of carbonyl (C=O) groups is 1. The molecule has 0 aliphatic rings. The zero-order valence-corrected chi connectivity index (χ0v) is 15.1. The molecule has 2 heterocycles. The lowest BCUT2D eigenvalue weighted by Gasteiger charge is -2.31. The second kappa shape index (κ2) is 7.38. The molecule has 1 atom stereocenters. The van der Waals surface area contributed by atoms with E-state index in [1.165, 1.54) is 6.33 Å². The van der Waals surface area contributed by atoms with E-state index in [1.54, 1.807) is 23.5 Å². The predicted molar refractivity (Wildman–Crippen MR) is 99.0 cm³/mol. The Balaban J connectivity index is 1.62. The predicted octanol–water partition coefficient (Wildman–Crippen LogP) is 2.70. The van der Waals surface area contributed by atoms with Gasteiger partial charge in [0, 0.05) is 24.6 Å². The van der Waals surface area contributed by atoms with Crippen molar-refractivity contribution in [3.63, 3.8) is 0 Å². The molecule has 0 fully saturated rings. The normalized spacial score (nSPS) is 12.6. The minimum atomic E-state index is -0.237. The zero-order chi connectivity index (χ0) is 18.6. The van der Waals surface area contributed by atoms with E-state index in [0.717, 1.165) is 5.69 Å². The summed E-state index contributed by atoms with van der Waals surface area (Å²) in [5.41, 5.74) is 1.49. The first-order valence-electron chi connectivity index (χ1n) is 8.40. The van der Waals surface area contributed by atoms with Gasteiger partial charge >= 0.3 is 6.03 Å². The standard InChI is InChI=1S/C18H23N7O/c1-18(2,3)16(10-24-9-8-19-12-24)23-17(26)22-14-4-6-15(7-5-14)25-13-20-11-21-25/h4-9,11-13,16H,10H2,1-3H3,(H2,22,23,26)/t16-/m1/s1. The Morgan fingerprint density at radius 1 is 1.15 bits per heavy atom. The monoisotopic (exact) mass is 353 g/mol. The van der Waals surface area contributed by atoms with E-state index in [-0.39, 0.29) is 17.5 Å². The molecule has 0 saturated carbocycles. The van der Waals surface area contributed by atoms with Crippen LogP contribution in [-0.4, -0.2) is 36.4 Å². The summed E-state index contributed by atoms with van der Waals surface area (Å²) in [6.45, 7) is 6.95. The molecular weight excluding hydrogens is 330 g/mol. The zero-order valence-electron chi connectivity index (χ0n) is 15.1. The van der Waals surface area contributed by atoms with Crippen LogP contribution in [0.5, 0.6) is 0 Å². The van der Waals surface area contributed by atoms with Gasteiger partial charge in [0.15, 0.2) is 0 Å². The van der Waals surface area contributed by atoms with Gasteiger partial charge in [-0.15, -0.1) is 0 Å². The molecule has 0 unspecified atom stereocenters. The first-order chi connectivity index (χ1) is 12.4. The quantitative estimate of drug-likeness (QED) is 0.738. The number of carbonyl (C=O) groups excluding carboxylic acids is 1. The van der Waals surface area contributed by atoms with Crippen molar-refractivity contribution in [2.75, 3.05) is 5.32 Å². The third-order valence-electron chi connectivity index (χ3n) is 4.11. The maximum absolute atomic E-state index is 12.4. The molecule has 0 spiro atoms. The van der Waals surface area contributed by atoms with Gasteiger partial charge in [0.1, 0.15) is 12.7 Å². The molecule has 2 N–H and O–H groups in total. The number of urea groups is 1. The van der Waals surface area contributed by atoms with Crippen molar-refractivity contribution in [2.45, 2.75) is 33.4 Å². The third-order valence-corrected chi connectivity index (χ3v) is 4.11. The molecular formula is C18H23N7O. The van der Waals surface area contributed by atoms with Gasteiger partial charge in [-0.05, 0) is 29.7 Å². The van der Waals surface area contributed by atoms with Gasteiger partial charge in [-0.1, -0.05) is 20.8 Å². The summed E-state index contributed by atoms with van der Waals surface area (Å²) in [7, 11) is 0. The van der Waals surface area contributed by atoms with Crippen LogP contribution in [0.3, 0.4) is 0 Å². The van der Waals surface area contributed by atoms with E-state index in [2.05, 4.69) is 46.5 Å². The van der Waals surface area contributed by atoms with Gasteiger partial charge in [0.2, 0.25) is 0 Å². The summed E-state index contributed by atoms with van der Waals surface area (Å²) < 4.78 is 3.62. The second-order valence-electron chi connectivity index (χ2n) is 7.16. The molecule has 1 aromatic carbocycles. The van der Waals surface area contributed by atoms with E-state index in [1.807, 2.05) is 35.0 Å². The lowest BCUT2D eigenvalue weighted by molar-refractivity contribution is 0.219. The Morgan fingerprint density at radius 3 is 2.50 bits per heavy atom. The van der Waals surface area contributed by atoms with Crippen molar-refractivity contribution >= 4 is 11.7 Å². The molecule has 3 aromatic rings. The van der Waals surface area contributed by atoms with E-state index >= 15 is 0 Å². The van der Waals surface area contributed by atoms with Crippen molar-refractivity contribution in [3.8, 4) is 5.69 Å². The van der Waals surface area contributed by atoms with Crippen LogP contribution in [0.1, 0.15) is 20.8 Å². The highest BCUT2D eigenvalue weighted by Crippen LogP contribution is 2.21.